The zero-order valence-electron chi connectivity index (χ0n) is 8.45. The van der Waals surface area contributed by atoms with Gasteiger partial charge in [-0.1, -0.05) is 5.16 Å². The minimum Gasteiger partial charge on any atom is -0.478 e. The largest absolute Gasteiger partial charge is 0.478 e. The lowest BCUT2D eigenvalue weighted by atomic mass is 10.2. The molecule has 0 bridgehead atoms. The Balaban J connectivity index is 2.12. The number of carboxylic acid groups (broad SMARTS) is 1. The minimum absolute atomic E-state index is 0.0199. The van der Waals surface area contributed by atoms with Crippen LogP contribution >= 0.6 is 0 Å². The molecule has 0 fully saturated rings. The van der Waals surface area contributed by atoms with Crippen molar-refractivity contribution >= 4 is 17.6 Å². The summed E-state index contributed by atoms with van der Waals surface area (Å²) in [5.41, 5.74) is 0.529. The molecule has 0 aliphatic carbocycles. The molecule has 0 aliphatic heterocycles. The second kappa shape index (κ2) is 4.44. The lowest BCUT2D eigenvalue weighted by Crippen LogP contribution is -2.13. The molecule has 86 valence electrons. The molecule has 2 aromatic rings. The molecule has 0 aliphatic rings. The van der Waals surface area contributed by atoms with Crippen LogP contribution in [0, 0.1) is 0 Å². The van der Waals surface area contributed by atoms with E-state index in [0.717, 1.165) is 6.20 Å². The normalized spacial score (nSPS) is 9.88. The van der Waals surface area contributed by atoms with Crippen molar-refractivity contribution in [2.24, 2.45) is 0 Å². The molecule has 2 rings (SSSR count). The molecule has 0 saturated carbocycles. The lowest BCUT2D eigenvalue weighted by Gasteiger charge is -2.01. The summed E-state index contributed by atoms with van der Waals surface area (Å²) >= 11 is 0. The Labute approximate surface area is 95.1 Å². The molecule has 0 aromatic carbocycles. The molecule has 1 amide bonds. The fourth-order valence-electron chi connectivity index (χ4n) is 1.12. The van der Waals surface area contributed by atoms with Gasteiger partial charge < -0.3 is 14.9 Å². The van der Waals surface area contributed by atoms with E-state index < -0.39 is 11.9 Å². The Morgan fingerprint density at radius 3 is 2.65 bits per heavy atom. The zero-order chi connectivity index (χ0) is 12.3. The van der Waals surface area contributed by atoms with Crippen LogP contribution in [-0.4, -0.2) is 27.1 Å². The summed E-state index contributed by atoms with van der Waals surface area (Å²) in [6, 6.07) is 2.63. The fourth-order valence-corrected chi connectivity index (χ4v) is 1.12. The number of pyridine rings is 1. The zero-order valence-corrected chi connectivity index (χ0v) is 8.45. The van der Waals surface area contributed by atoms with E-state index in [2.05, 4.69) is 20.0 Å². The lowest BCUT2D eigenvalue weighted by molar-refractivity contribution is 0.0696. The van der Waals surface area contributed by atoms with Crippen molar-refractivity contribution in [2.75, 3.05) is 5.32 Å². The highest BCUT2D eigenvalue weighted by Gasteiger charge is 2.10. The van der Waals surface area contributed by atoms with Crippen LogP contribution in [0.2, 0.25) is 0 Å². The molecular weight excluding hydrogens is 226 g/mol. The van der Waals surface area contributed by atoms with Crippen molar-refractivity contribution in [1.29, 1.82) is 0 Å². The number of nitrogens with one attached hydrogen (secondary N) is 1. The molecule has 0 saturated heterocycles. The Morgan fingerprint density at radius 1 is 1.29 bits per heavy atom. The third-order valence-corrected chi connectivity index (χ3v) is 1.93. The summed E-state index contributed by atoms with van der Waals surface area (Å²) in [5, 5.41) is 14.6. The maximum atomic E-state index is 11.6. The first-order valence-electron chi connectivity index (χ1n) is 4.57. The number of carboxylic acids is 1. The summed E-state index contributed by atoms with van der Waals surface area (Å²) in [6.07, 6.45) is 3.72. The Hall–Kier alpha value is -2.70. The SMILES string of the molecule is O=C(O)c1ccc(C(=O)Nc2cnoc2)nc1. The van der Waals surface area contributed by atoms with Gasteiger partial charge in [0.1, 0.15) is 17.6 Å². The van der Waals surface area contributed by atoms with Gasteiger partial charge in [0.15, 0.2) is 0 Å². The maximum absolute atomic E-state index is 11.6. The van der Waals surface area contributed by atoms with Crippen molar-refractivity contribution in [3.05, 3.63) is 42.0 Å². The molecule has 0 unspecified atom stereocenters. The molecule has 0 radical (unpaired) electrons. The topological polar surface area (TPSA) is 105 Å². The van der Waals surface area contributed by atoms with Gasteiger partial charge in [0.2, 0.25) is 0 Å². The van der Waals surface area contributed by atoms with Gasteiger partial charge in [0.05, 0.1) is 11.8 Å². The number of hydrogen-bond donors (Lipinski definition) is 2. The van der Waals surface area contributed by atoms with E-state index in [4.69, 9.17) is 5.11 Å². The van der Waals surface area contributed by atoms with Gasteiger partial charge in [-0.3, -0.25) is 9.78 Å². The first-order valence-corrected chi connectivity index (χ1v) is 4.57. The number of hydrogen-bond acceptors (Lipinski definition) is 5. The van der Waals surface area contributed by atoms with Crippen molar-refractivity contribution in [3.63, 3.8) is 0 Å². The van der Waals surface area contributed by atoms with Gasteiger partial charge in [-0.05, 0) is 12.1 Å². The van der Waals surface area contributed by atoms with Crippen LogP contribution in [0.3, 0.4) is 0 Å². The first kappa shape index (κ1) is 10.8. The molecule has 2 aromatic heterocycles. The van der Waals surface area contributed by atoms with E-state index in [0.29, 0.717) is 5.69 Å². The predicted octanol–water partition coefficient (Wildman–Crippen LogP) is 1.02. The number of anilines is 1. The van der Waals surface area contributed by atoms with Gasteiger partial charge in [-0.25, -0.2) is 4.79 Å². The van der Waals surface area contributed by atoms with Crippen LogP contribution in [0.1, 0.15) is 20.8 Å². The predicted molar refractivity (Wildman–Crippen MR) is 55.7 cm³/mol. The summed E-state index contributed by atoms with van der Waals surface area (Å²) < 4.78 is 4.54. The van der Waals surface area contributed by atoms with Gasteiger partial charge in [0, 0.05) is 6.20 Å². The molecule has 0 spiro atoms. The highest BCUT2D eigenvalue weighted by atomic mass is 16.5. The second-order valence-electron chi connectivity index (χ2n) is 3.10. The van der Waals surface area contributed by atoms with E-state index in [1.807, 2.05) is 0 Å². The second-order valence-corrected chi connectivity index (χ2v) is 3.10. The summed E-state index contributed by atoms with van der Waals surface area (Å²) in [5.74, 6) is -1.56. The number of amides is 1. The van der Waals surface area contributed by atoms with Crippen LogP contribution in [0.25, 0.3) is 0 Å². The number of carbonyl (C=O) groups is 2. The molecule has 2 N–H and O–H groups in total. The van der Waals surface area contributed by atoms with Crippen molar-refractivity contribution in [2.45, 2.75) is 0 Å². The minimum atomic E-state index is -1.09. The van der Waals surface area contributed by atoms with E-state index in [1.54, 1.807) is 0 Å². The highest BCUT2D eigenvalue weighted by molar-refractivity contribution is 6.03. The summed E-state index contributed by atoms with van der Waals surface area (Å²) in [4.78, 5) is 25.9. The average molecular weight is 233 g/mol. The van der Waals surface area contributed by atoms with Gasteiger partial charge >= 0.3 is 5.97 Å². The quantitative estimate of drug-likeness (QED) is 0.819. The Bertz CT molecular complexity index is 533. The average Bonchev–Trinajstić information content (AvgIpc) is 2.82. The molecule has 7 heteroatoms. The van der Waals surface area contributed by atoms with Crippen molar-refractivity contribution in [1.82, 2.24) is 10.1 Å². The van der Waals surface area contributed by atoms with Crippen molar-refractivity contribution in [3.8, 4) is 0 Å². The first-order chi connectivity index (χ1) is 8.16. The number of carbonyl (C=O) groups excluding carboxylic acids is 1. The number of rotatable bonds is 3. The molecule has 0 atom stereocenters. The number of nitrogens with zero attached hydrogens (tertiary/aromatic N) is 2. The van der Waals surface area contributed by atoms with Gasteiger partial charge in [0.25, 0.3) is 5.91 Å². The molecule has 2 heterocycles. The van der Waals surface area contributed by atoms with E-state index in [-0.39, 0.29) is 11.3 Å². The summed E-state index contributed by atoms with van der Waals surface area (Å²) in [7, 11) is 0. The van der Waals surface area contributed by atoms with Gasteiger partial charge in [-0.15, -0.1) is 0 Å². The molecule has 7 nitrogen and oxygen atoms in total. The third kappa shape index (κ3) is 2.46. The fraction of sp³-hybridized carbons (Fsp3) is 0. The smallest absolute Gasteiger partial charge is 0.337 e. The molecular formula is C10H7N3O4. The third-order valence-electron chi connectivity index (χ3n) is 1.93. The van der Waals surface area contributed by atoms with E-state index in [9.17, 15) is 9.59 Å². The number of aromatic nitrogens is 2. The van der Waals surface area contributed by atoms with Crippen LogP contribution in [0.15, 0.2) is 35.3 Å². The van der Waals surface area contributed by atoms with Crippen LogP contribution < -0.4 is 5.32 Å². The Morgan fingerprint density at radius 2 is 2.12 bits per heavy atom. The van der Waals surface area contributed by atoms with Crippen LogP contribution in [0.4, 0.5) is 5.69 Å². The van der Waals surface area contributed by atoms with Crippen LogP contribution in [-0.2, 0) is 0 Å². The van der Waals surface area contributed by atoms with Gasteiger partial charge in [-0.2, -0.15) is 0 Å². The standard InChI is InChI=1S/C10H7N3O4/c14-9(13-7-4-12-17-5-7)8-2-1-6(3-11-8)10(15)16/h1-5H,(H,13,14)(H,15,16). The van der Waals surface area contributed by atoms with Crippen molar-refractivity contribution < 1.29 is 19.2 Å². The monoisotopic (exact) mass is 233 g/mol. The molecule has 17 heavy (non-hydrogen) atoms. The van der Waals surface area contributed by atoms with E-state index >= 15 is 0 Å². The maximum Gasteiger partial charge on any atom is 0.337 e. The highest BCUT2D eigenvalue weighted by Crippen LogP contribution is 2.07. The number of aromatic carboxylic acids is 1. The van der Waals surface area contributed by atoms with Crippen LogP contribution in [0.5, 0.6) is 0 Å². The van der Waals surface area contributed by atoms with E-state index in [1.165, 1.54) is 24.6 Å². The summed E-state index contributed by atoms with van der Waals surface area (Å²) in [6.45, 7) is 0. The Kier molecular flexibility index (Phi) is 2.82.